The molecule has 0 unspecified atom stereocenters. The van der Waals surface area contributed by atoms with Gasteiger partial charge in [-0.25, -0.2) is 5.43 Å². The summed E-state index contributed by atoms with van der Waals surface area (Å²) in [5.41, 5.74) is 3.88. The van der Waals surface area contributed by atoms with Gasteiger partial charge >= 0.3 is 0 Å². The van der Waals surface area contributed by atoms with Crippen molar-refractivity contribution in [2.24, 2.45) is 11.0 Å². The molecular formula is C16H22N4O4. The second-order valence-electron chi connectivity index (χ2n) is 5.99. The van der Waals surface area contributed by atoms with Crippen LogP contribution < -0.4 is 10.3 Å². The fraction of sp³-hybridized carbons (Fsp3) is 0.500. The average molecular weight is 334 g/mol. The zero-order valence-electron chi connectivity index (χ0n) is 13.9. The van der Waals surface area contributed by atoms with Crippen molar-refractivity contribution in [1.29, 1.82) is 0 Å². The summed E-state index contributed by atoms with van der Waals surface area (Å²) in [5, 5.41) is 14.9. The SMILES string of the molecule is CC(C)CC(=O)N/N=C\c1cc([N+](=O)[O-])ccc1N1CCOCC1. The Morgan fingerprint density at radius 1 is 1.46 bits per heavy atom. The highest BCUT2D eigenvalue weighted by Gasteiger charge is 2.17. The largest absolute Gasteiger partial charge is 0.378 e. The first-order chi connectivity index (χ1) is 11.5. The van der Waals surface area contributed by atoms with Gasteiger partial charge in [-0.3, -0.25) is 14.9 Å². The number of nitrogens with one attached hydrogen (secondary N) is 1. The first kappa shape index (κ1) is 17.9. The number of anilines is 1. The van der Waals surface area contributed by atoms with Gasteiger partial charge in [0.05, 0.1) is 24.4 Å². The topological polar surface area (TPSA) is 97.1 Å². The third kappa shape index (κ3) is 5.02. The van der Waals surface area contributed by atoms with E-state index in [2.05, 4.69) is 15.4 Å². The fourth-order valence-electron chi connectivity index (χ4n) is 2.44. The van der Waals surface area contributed by atoms with Gasteiger partial charge in [0, 0.05) is 42.9 Å². The summed E-state index contributed by atoms with van der Waals surface area (Å²) in [7, 11) is 0. The molecule has 8 heteroatoms. The monoisotopic (exact) mass is 334 g/mol. The molecule has 1 aromatic carbocycles. The van der Waals surface area contributed by atoms with Crippen LogP contribution in [0.5, 0.6) is 0 Å². The van der Waals surface area contributed by atoms with Crippen LogP contribution in [0.2, 0.25) is 0 Å². The van der Waals surface area contributed by atoms with Crippen LogP contribution in [0.4, 0.5) is 11.4 Å². The molecule has 1 saturated heterocycles. The number of hydrogen-bond donors (Lipinski definition) is 1. The lowest BCUT2D eigenvalue weighted by Crippen LogP contribution is -2.36. The fourth-order valence-corrected chi connectivity index (χ4v) is 2.44. The maximum Gasteiger partial charge on any atom is 0.270 e. The molecule has 130 valence electrons. The van der Waals surface area contributed by atoms with E-state index in [1.807, 2.05) is 13.8 Å². The van der Waals surface area contributed by atoms with Crippen LogP contribution in [-0.4, -0.2) is 43.3 Å². The molecule has 0 saturated carbocycles. The van der Waals surface area contributed by atoms with Crippen molar-refractivity contribution in [3.05, 3.63) is 33.9 Å². The van der Waals surface area contributed by atoms with Crippen molar-refractivity contribution in [3.8, 4) is 0 Å². The summed E-state index contributed by atoms with van der Waals surface area (Å²) < 4.78 is 5.33. The van der Waals surface area contributed by atoms with Crippen molar-refractivity contribution in [1.82, 2.24) is 5.43 Å². The molecule has 1 amide bonds. The number of hydrogen-bond acceptors (Lipinski definition) is 6. The average Bonchev–Trinajstić information content (AvgIpc) is 2.54. The predicted octanol–water partition coefficient (Wildman–Crippen LogP) is 1.93. The van der Waals surface area contributed by atoms with Crippen molar-refractivity contribution in [2.45, 2.75) is 20.3 Å². The Hall–Kier alpha value is -2.48. The molecule has 24 heavy (non-hydrogen) atoms. The standard InChI is InChI=1S/C16H22N4O4/c1-12(2)9-16(21)18-17-11-13-10-14(20(22)23)3-4-15(13)19-5-7-24-8-6-19/h3-4,10-12H,5-9H2,1-2H3,(H,18,21)/b17-11-. The van der Waals surface area contributed by atoms with Gasteiger partial charge in [0.2, 0.25) is 5.91 Å². The summed E-state index contributed by atoms with van der Waals surface area (Å²) in [6.07, 6.45) is 1.83. The molecule has 8 nitrogen and oxygen atoms in total. The summed E-state index contributed by atoms with van der Waals surface area (Å²) in [4.78, 5) is 24.3. The zero-order chi connectivity index (χ0) is 17.5. The molecule has 0 bridgehead atoms. The number of morpholine rings is 1. The summed E-state index contributed by atoms with van der Waals surface area (Å²) in [5.74, 6) is 0.0570. The van der Waals surface area contributed by atoms with E-state index in [-0.39, 0.29) is 17.5 Å². The number of benzene rings is 1. The molecular weight excluding hydrogens is 312 g/mol. The Morgan fingerprint density at radius 3 is 2.79 bits per heavy atom. The number of non-ortho nitro benzene ring substituents is 1. The molecule has 0 radical (unpaired) electrons. The second-order valence-corrected chi connectivity index (χ2v) is 5.99. The molecule has 1 N–H and O–H groups in total. The lowest BCUT2D eigenvalue weighted by atomic mass is 10.1. The van der Waals surface area contributed by atoms with Crippen LogP contribution in [0.1, 0.15) is 25.8 Å². The molecule has 0 atom stereocenters. The highest BCUT2D eigenvalue weighted by atomic mass is 16.6. The summed E-state index contributed by atoms with van der Waals surface area (Å²) in [6.45, 7) is 6.52. The van der Waals surface area contributed by atoms with Crippen molar-refractivity contribution in [3.63, 3.8) is 0 Å². The molecule has 0 spiro atoms. The van der Waals surface area contributed by atoms with Gasteiger partial charge in [0.1, 0.15) is 0 Å². The van der Waals surface area contributed by atoms with Gasteiger partial charge in [-0.2, -0.15) is 5.10 Å². The highest BCUT2D eigenvalue weighted by Crippen LogP contribution is 2.25. The third-order valence-corrected chi connectivity index (χ3v) is 3.56. The van der Waals surface area contributed by atoms with Gasteiger partial charge in [-0.15, -0.1) is 0 Å². The van der Waals surface area contributed by atoms with Gasteiger partial charge in [-0.05, 0) is 12.0 Å². The van der Waals surface area contributed by atoms with Gasteiger partial charge in [0.25, 0.3) is 5.69 Å². The van der Waals surface area contributed by atoms with E-state index < -0.39 is 4.92 Å². The van der Waals surface area contributed by atoms with Crippen LogP contribution in [0.25, 0.3) is 0 Å². The number of carbonyl (C=O) groups excluding carboxylic acids is 1. The number of amides is 1. The lowest BCUT2D eigenvalue weighted by Gasteiger charge is -2.29. The molecule has 1 fully saturated rings. The number of ether oxygens (including phenoxy) is 1. The summed E-state index contributed by atoms with van der Waals surface area (Å²) in [6, 6.07) is 4.64. The predicted molar refractivity (Wildman–Crippen MR) is 91.3 cm³/mol. The molecule has 1 aliphatic rings. The van der Waals surface area contributed by atoms with Crippen LogP contribution in [0.15, 0.2) is 23.3 Å². The summed E-state index contributed by atoms with van der Waals surface area (Å²) >= 11 is 0. The first-order valence-electron chi connectivity index (χ1n) is 7.90. The van der Waals surface area contributed by atoms with E-state index in [0.717, 1.165) is 5.69 Å². The second kappa shape index (κ2) is 8.39. The van der Waals surface area contributed by atoms with E-state index in [9.17, 15) is 14.9 Å². The van der Waals surface area contributed by atoms with E-state index in [1.165, 1.54) is 18.3 Å². The molecule has 1 aromatic rings. The number of hydrazone groups is 1. The number of rotatable bonds is 6. The molecule has 0 aliphatic carbocycles. The zero-order valence-corrected chi connectivity index (χ0v) is 13.9. The van der Waals surface area contributed by atoms with Crippen molar-refractivity contribution in [2.75, 3.05) is 31.2 Å². The maximum atomic E-state index is 11.6. The minimum atomic E-state index is -0.447. The van der Waals surface area contributed by atoms with Crippen LogP contribution in [-0.2, 0) is 9.53 Å². The lowest BCUT2D eigenvalue weighted by molar-refractivity contribution is -0.384. The van der Waals surface area contributed by atoms with Crippen molar-refractivity contribution >= 4 is 23.5 Å². The Kier molecular flexibility index (Phi) is 6.25. The minimum absolute atomic E-state index is 0.0121. The quantitative estimate of drug-likeness (QED) is 0.487. The van der Waals surface area contributed by atoms with Crippen molar-refractivity contribution < 1.29 is 14.5 Å². The molecule has 2 rings (SSSR count). The molecule has 1 aliphatic heterocycles. The van der Waals surface area contributed by atoms with Crippen LogP contribution in [0.3, 0.4) is 0 Å². The maximum absolute atomic E-state index is 11.6. The Labute approximate surface area is 140 Å². The van der Waals surface area contributed by atoms with Crippen LogP contribution in [0, 0.1) is 16.0 Å². The number of carbonyl (C=O) groups is 1. The Bertz CT molecular complexity index is 625. The number of nitro benzene ring substituents is 1. The Morgan fingerprint density at radius 2 is 2.17 bits per heavy atom. The third-order valence-electron chi connectivity index (χ3n) is 3.56. The first-order valence-corrected chi connectivity index (χ1v) is 7.90. The Balaban J connectivity index is 2.19. The van der Waals surface area contributed by atoms with E-state index in [0.29, 0.717) is 38.3 Å². The normalized spacial score (nSPS) is 15.0. The van der Waals surface area contributed by atoms with Gasteiger partial charge < -0.3 is 9.64 Å². The number of nitro groups is 1. The molecule has 1 heterocycles. The van der Waals surface area contributed by atoms with Crippen LogP contribution >= 0.6 is 0 Å². The molecule has 0 aromatic heterocycles. The van der Waals surface area contributed by atoms with Gasteiger partial charge in [-0.1, -0.05) is 13.8 Å². The van der Waals surface area contributed by atoms with Gasteiger partial charge in [0.15, 0.2) is 0 Å². The number of nitrogens with zero attached hydrogens (tertiary/aromatic N) is 3. The van der Waals surface area contributed by atoms with E-state index in [1.54, 1.807) is 6.07 Å². The van der Waals surface area contributed by atoms with E-state index >= 15 is 0 Å². The smallest absolute Gasteiger partial charge is 0.270 e. The highest BCUT2D eigenvalue weighted by molar-refractivity contribution is 5.90. The minimum Gasteiger partial charge on any atom is -0.378 e. The van der Waals surface area contributed by atoms with E-state index in [4.69, 9.17) is 4.74 Å².